The van der Waals surface area contributed by atoms with Crippen LogP contribution in [-0.2, 0) is 6.18 Å². The maximum Gasteiger partial charge on any atom is 0.416 e. The third-order valence-corrected chi connectivity index (χ3v) is 3.61. The summed E-state index contributed by atoms with van der Waals surface area (Å²) in [5, 5.41) is 3.34. The van der Waals surface area contributed by atoms with Gasteiger partial charge in [-0.3, -0.25) is 9.78 Å². The fraction of sp³-hybridized carbons (Fsp3) is 0.111. The maximum absolute atomic E-state index is 12.8. The van der Waals surface area contributed by atoms with Crippen molar-refractivity contribution in [2.24, 2.45) is 0 Å². The normalized spacial score (nSPS) is 11.4. The van der Waals surface area contributed by atoms with Gasteiger partial charge in [-0.25, -0.2) is 0 Å². The lowest BCUT2D eigenvalue weighted by Gasteiger charge is -2.12. The van der Waals surface area contributed by atoms with Crippen LogP contribution in [0.4, 0.5) is 18.9 Å². The lowest BCUT2D eigenvalue weighted by atomic mass is 10.1. The molecule has 0 unspecified atom stereocenters. The minimum absolute atomic E-state index is 0.0956. The highest BCUT2D eigenvalue weighted by molar-refractivity contribution is 6.08. The van der Waals surface area contributed by atoms with Crippen LogP contribution in [0.3, 0.4) is 0 Å². The van der Waals surface area contributed by atoms with Crippen molar-refractivity contribution in [2.45, 2.75) is 6.18 Å². The third kappa shape index (κ3) is 3.55. The number of alkyl halides is 3. The number of benzene rings is 2. The summed E-state index contributed by atoms with van der Waals surface area (Å²) in [7, 11) is 1.48. The molecule has 3 aromatic rings. The van der Waals surface area contributed by atoms with E-state index in [1.165, 1.54) is 19.2 Å². The molecular weight excluding hydrogens is 333 g/mol. The Morgan fingerprint density at radius 1 is 1.12 bits per heavy atom. The molecule has 0 fully saturated rings. The Hall–Kier alpha value is -3.09. The number of ether oxygens (including phenoxy) is 1. The number of fused-ring (bicyclic) bond motifs is 1. The van der Waals surface area contributed by atoms with Crippen LogP contribution in [-0.4, -0.2) is 18.0 Å². The number of halogens is 3. The minimum Gasteiger partial charge on any atom is -0.497 e. The van der Waals surface area contributed by atoms with Crippen LogP contribution < -0.4 is 10.1 Å². The summed E-state index contributed by atoms with van der Waals surface area (Å²) in [5.74, 6) is -0.161. The number of nitrogens with zero attached hydrogens (tertiary/aromatic N) is 1. The molecule has 0 aliphatic rings. The number of nitrogens with one attached hydrogen (secondary N) is 1. The second-order valence-electron chi connectivity index (χ2n) is 5.28. The number of methoxy groups -OCH3 is 1. The van der Waals surface area contributed by atoms with Gasteiger partial charge in [0.2, 0.25) is 0 Å². The van der Waals surface area contributed by atoms with Crippen LogP contribution in [0, 0.1) is 0 Å². The van der Waals surface area contributed by atoms with Crippen LogP contribution in [0.5, 0.6) is 5.75 Å². The predicted molar refractivity (Wildman–Crippen MR) is 87.7 cm³/mol. The summed E-state index contributed by atoms with van der Waals surface area (Å²) in [4.78, 5) is 16.6. The predicted octanol–water partition coefficient (Wildman–Crippen LogP) is 4.51. The van der Waals surface area contributed by atoms with Crippen molar-refractivity contribution < 1.29 is 22.7 Å². The number of rotatable bonds is 3. The van der Waals surface area contributed by atoms with Crippen LogP contribution in [0.1, 0.15) is 15.9 Å². The first-order valence-corrected chi connectivity index (χ1v) is 7.30. The largest absolute Gasteiger partial charge is 0.497 e. The Labute approximate surface area is 141 Å². The van der Waals surface area contributed by atoms with Gasteiger partial charge in [-0.15, -0.1) is 0 Å². The molecule has 1 N–H and O–H groups in total. The van der Waals surface area contributed by atoms with Gasteiger partial charge in [0.25, 0.3) is 5.91 Å². The number of carbonyl (C=O) groups excluding carboxylic acids is 1. The van der Waals surface area contributed by atoms with E-state index in [0.29, 0.717) is 17.0 Å². The second-order valence-corrected chi connectivity index (χ2v) is 5.28. The number of carbonyl (C=O) groups is 1. The number of hydrogen-bond acceptors (Lipinski definition) is 3. The SMILES string of the molecule is COc1cc(NC(=O)c2cccc(C(F)(F)F)c2)c2ncccc2c1. The monoisotopic (exact) mass is 346 g/mol. The van der Waals surface area contributed by atoms with Crippen LogP contribution in [0.15, 0.2) is 54.7 Å². The topological polar surface area (TPSA) is 51.2 Å². The van der Waals surface area contributed by atoms with Gasteiger partial charge in [-0.2, -0.15) is 13.2 Å². The van der Waals surface area contributed by atoms with Crippen molar-refractivity contribution >= 4 is 22.5 Å². The van der Waals surface area contributed by atoms with Crippen LogP contribution in [0.2, 0.25) is 0 Å². The maximum atomic E-state index is 12.8. The van der Waals surface area contributed by atoms with Gasteiger partial charge in [-0.1, -0.05) is 12.1 Å². The van der Waals surface area contributed by atoms with E-state index in [0.717, 1.165) is 17.5 Å². The van der Waals surface area contributed by atoms with E-state index in [-0.39, 0.29) is 5.56 Å². The minimum atomic E-state index is -4.51. The Morgan fingerprint density at radius 2 is 1.92 bits per heavy atom. The summed E-state index contributed by atoms with van der Waals surface area (Å²) in [6.07, 6.45) is -2.95. The molecule has 1 amide bonds. The van der Waals surface area contributed by atoms with E-state index in [1.54, 1.807) is 30.5 Å². The summed E-state index contributed by atoms with van der Waals surface area (Å²) in [6.45, 7) is 0. The third-order valence-electron chi connectivity index (χ3n) is 3.61. The zero-order chi connectivity index (χ0) is 18.0. The Balaban J connectivity index is 1.97. The van der Waals surface area contributed by atoms with Gasteiger partial charge >= 0.3 is 6.18 Å². The lowest BCUT2D eigenvalue weighted by molar-refractivity contribution is -0.137. The zero-order valence-corrected chi connectivity index (χ0v) is 13.1. The average molecular weight is 346 g/mol. The molecule has 7 heteroatoms. The number of pyridine rings is 1. The smallest absolute Gasteiger partial charge is 0.416 e. The molecule has 0 spiro atoms. The zero-order valence-electron chi connectivity index (χ0n) is 13.1. The van der Waals surface area contributed by atoms with E-state index in [9.17, 15) is 18.0 Å². The van der Waals surface area contributed by atoms with Gasteiger partial charge in [-0.05, 0) is 30.3 Å². The first-order valence-electron chi connectivity index (χ1n) is 7.30. The van der Waals surface area contributed by atoms with Gasteiger partial charge in [0, 0.05) is 23.2 Å². The van der Waals surface area contributed by atoms with Crippen molar-refractivity contribution in [1.82, 2.24) is 4.98 Å². The van der Waals surface area contributed by atoms with Crippen LogP contribution >= 0.6 is 0 Å². The highest BCUT2D eigenvalue weighted by Gasteiger charge is 2.30. The number of anilines is 1. The number of aromatic nitrogens is 1. The standard InChI is InChI=1S/C18H13F3N2O2/c1-25-14-9-11-5-3-7-22-16(11)15(10-14)23-17(24)12-4-2-6-13(8-12)18(19,20)21/h2-10H,1H3,(H,23,24). The van der Waals surface area contributed by atoms with E-state index in [2.05, 4.69) is 10.3 Å². The molecule has 0 atom stereocenters. The highest BCUT2D eigenvalue weighted by atomic mass is 19.4. The molecule has 0 bridgehead atoms. The Morgan fingerprint density at radius 3 is 2.64 bits per heavy atom. The fourth-order valence-corrected chi connectivity index (χ4v) is 2.41. The first kappa shape index (κ1) is 16.8. The molecule has 1 heterocycles. The number of hydrogen-bond donors (Lipinski definition) is 1. The summed E-state index contributed by atoms with van der Waals surface area (Å²) >= 11 is 0. The van der Waals surface area contributed by atoms with Crippen molar-refractivity contribution in [3.8, 4) is 5.75 Å². The molecule has 0 aliphatic carbocycles. The fourth-order valence-electron chi connectivity index (χ4n) is 2.41. The molecule has 1 aromatic heterocycles. The van der Waals surface area contributed by atoms with Crippen molar-refractivity contribution in [2.75, 3.05) is 12.4 Å². The van der Waals surface area contributed by atoms with E-state index >= 15 is 0 Å². The Bertz CT molecular complexity index is 939. The summed E-state index contributed by atoms with van der Waals surface area (Å²) in [6, 6.07) is 11.1. The highest BCUT2D eigenvalue weighted by Crippen LogP contribution is 2.31. The molecule has 4 nitrogen and oxygen atoms in total. The Kier molecular flexibility index (Phi) is 4.31. The average Bonchev–Trinajstić information content (AvgIpc) is 2.61. The number of amides is 1. The summed E-state index contributed by atoms with van der Waals surface area (Å²) in [5.41, 5.74) is -0.100. The molecular formula is C18H13F3N2O2. The quantitative estimate of drug-likeness (QED) is 0.759. The molecule has 0 saturated carbocycles. The second kappa shape index (κ2) is 6.43. The van der Waals surface area contributed by atoms with Gasteiger partial charge in [0.05, 0.1) is 23.9 Å². The molecule has 25 heavy (non-hydrogen) atoms. The van der Waals surface area contributed by atoms with Crippen molar-refractivity contribution in [3.63, 3.8) is 0 Å². The van der Waals surface area contributed by atoms with Gasteiger partial charge < -0.3 is 10.1 Å². The van der Waals surface area contributed by atoms with Gasteiger partial charge in [0.1, 0.15) is 5.75 Å². The van der Waals surface area contributed by atoms with E-state index in [1.807, 2.05) is 0 Å². The molecule has 2 aromatic carbocycles. The van der Waals surface area contributed by atoms with Crippen molar-refractivity contribution in [1.29, 1.82) is 0 Å². The van der Waals surface area contributed by atoms with E-state index in [4.69, 9.17) is 4.74 Å². The summed E-state index contributed by atoms with van der Waals surface area (Å²) < 4.78 is 43.6. The molecule has 3 rings (SSSR count). The molecule has 0 saturated heterocycles. The van der Waals surface area contributed by atoms with Gasteiger partial charge in [0.15, 0.2) is 0 Å². The van der Waals surface area contributed by atoms with E-state index < -0.39 is 17.6 Å². The molecule has 128 valence electrons. The van der Waals surface area contributed by atoms with Crippen molar-refractivity contribution in [3.05, 3.63) is 65.9 Å². The lowest BCUT2D eigenvalue weighted by Crippen LogP contribution is -2.14. The molecule has 0 aliphatic heterocycles. The molecule has 0 radical (unpaired) electrons. The first-order chi connectivity index (χ1) is 11.9. The van der Waals surface area contributed by atoms with Crippen LogP contribution in [0.25, 0.3) is 10.9 Å².